The van der Waals surface area contributed by atoms with Crippen molar-refractivity contribution in [2.24, 2.45) is 0 Å². The molecule has 0 radical (unpaired) electrons. The molecule has 0 bridgehead atoms. The van der Waals surface area contributed by atoms with Gasteiger partial charge in [-0.3, -0.25) is 0 Å². The van der Waals surface area contributed by atoms with E-state index < -0.39 is 21.3 Å². The molecule has 1 unspecified atom stereocenters. The van der Waals surface area contributed by atoms with E-state index >= 15 is 0 Å². The van der Waals surface area contributed by atoms with E-state index in [0.29, 0.717) is 6.42 Å². The van der Waals surface area contributed by atoms with Crippen molar-refractivity contribution in [3.8, 4) is 12.3 Å². The zero-order chi connectivity index (χ0) is 8.91. The molecule has 11 heavy (non-hydrogen) atoms. The summed E-state index contributed by atoms with van der Waals surface area (Å²) in [6.07, 6.45) is 5.59. The van der Waals surface area contributed by atoms with Gasteiger partial charge in [0.25, 0.3) is 0 Å². The molecule has 0 aromatic carbocycles. The van der Waals surface area contributed by atoms with Gasteiger partial charge < -0.3 is 0 Å². The number of hydrogen-bond acceptors (Lipinski definition) is 2. The summed E-state index contributed by atoms with van der Waals surface area (Å²) in [5.74, 6) is 2.29. The van der Waals surface area contributed by atoms with Gasteiger partial charge in [-0.15, -0.1) is 18.0 Å². The van der Waals surface area contributed by atoms with Crippen LogP contribution in [0.4, 0.5) is 0 Å². The molecule has 0 saturated carbocycles. The quantitative estimate of drug-likeness (QED) is 0.525. The lowest BCUT2D eigenvalue weighted by Crippen LogP contribution is -2.33. The third-order valence-corrected chi connectivity index (χ3v) is 2.87. The third kappa shape index (κ3) is 4.25. The largest absolute Gasteiger partial charge is 0.226 e. The summed E-state index contributed by atoms with van der Waals surface area (Å²) < 4.78 is 23.8. The van der Waals surface area contributed by atoms with E-state index in [4.69, 9.17) is 18.0 Å². The smallest absolute Gasteiger partial charge is 0.211 e. The molecule has 0 rings (SSSR count). The molecule has 0 fully saturated rings. The molecule has 64 valence electrons. The van der Waals surface area contributed by atoms with E-state index in [1.54, 1.807) is 6.92 Å². The maximum atomic E-state index is 10.8. The highest BCUT2D eigenvalue weighted by Gasteiger charge is 2.12. The van der Waals surface area contributed by atoms with E-state index in [1.807, 2.05) is 0 Å². The van der Waals surface area contributed by atoms with Crippen LogP contribution in [0.5, 0.6) is 0 Å². The van der Waals surface area contributed by atoms with Crippen LogP contribution in [0, 0.1) is 12.3 Å². The average Bonchev–Trinajstić information content (AvgIpc) is 2.00. The van der Waals surface area contributed by atoms with Crippen molar-refractivity contribution in [2.75, 3.05) is 5.21 Å². The first kappa shape index (κ1) is 10.8. The summed E-state index contributed by atoms with van der Waals surface area (Å²) in [5, 5.41) is -0.453. The summed E-state index contributed by atoms with van der Waals surface area (Å²) in [6.45, 7) is 1.79. The number of hydrogen-bond donors (Lipinski definition) is 1. The fourth-order valence-electron chi connectivity index (χ4n) is 0.483. The Kier molecular flexibility index (Phi) is 4.50. The summed E-state index contributed by atoms with van der Waals surface area (Å²) in [7, 11) is -3.37. The zero-order valence-electron chi connectivity index (χ0n) is 6.17. The predicted molar refractivity (Wildman–Crippen MR) is 45.7 cm³/mol. The van der Waals surface area contributed by atoms with Crippen LogP contribution >= 0.6 is 11.6 Å². The SMILES string of the molecule is C#CC(CC)NS(=O)(=O)CCl. The lowest BCUT2D eigenvalue weighted by molar-refractivity contribution is 0.575. The summed E-state index contributed by atoms with van der Waals surface area (Å²) >= 11 is 5.13. The second-order valence-electron chi connectivity index (χ2n) is 1.97. The van der Waals surface area contributed by atoms with Gasteiger partial charge >= 0.3 is 0 Å². The summed E-state index contributed by atoms with van der Waals surface area (Å²) in [6, 6.07) is -0.446. The van der Waals surface area contributed by atoms with Crippen molar-refractivity contribution < 1.29 is 8.42 Å². The van der Waals surface area contributed by atoms with Gasteiger partial charge in [0, 0.05) is 0 Å². The van der Waals surface area contributed by atoms with Crippen LogP contribution in [0.3, 0.4) is 0 Å². The standard InChI is InChI=1S/C6H10ClNO2S/c1-3-6(4-2)8-11(9,10)5-7/h1,6,8H,4-5H2,2H3. The van der Waals surface area contributed by atoms with Crippen molar-refractivity contribution in [1.29, 1.82) is 0 Å². The Morgan fingerprint density at radius 1 is 1.73 bits per heavy atom. The third-order valence-electron chi connectivity index (χ3n) is 1.07. The summed E-state index contributed by atoms with van der Waals surface area (Å²) in [5.41, 5.74) is 0. The first-order valence-electron chi connectivity index (χ1n) is 3.07. The fourth-order valence-corrected chi connectivity index (χ4v) is 1.40. The van der Waals surface area contributed by atoms with E-state index in [0.717, 1.165) is 0 Å². The average molecular weight is 196 g/mol. The molecule has 0 spiro atoms. The molecule has 1 atom stereocenters. The maximum absolute atomic E-state index is 10.8. The number of terminal acetylenes is 1. The molecule has 5 heteroatoms. The topological polar surface area (TPSA) is 46.2 Å². The minimum Gasteiger partial charge on any atom is -0.211 e. The Balaban J connectivity index is 4.15. The van der Waals surface area contributed by atoms with Gasteiger partial charge in [-0.05, 0) is 6.42 Å². The molecule has 0 saturated heterocycles. The van der Waals surface area contributed by atoms with Gasteiger partial charge in [0.2, 0.25) is 10.0 Å². The van der Waals surface area contributed by atoms with E-state index in [-0.39, 0.29) is 0 Å². The molecule has 0 aromatic heterocycles. The lowest BCUT2D eigenvalue weighted by atomic mass is 10.3. The first-order chi connectivity index (χ1) is 5.05. The van der Waals surface area contributed by atoms with E-state index in [2.05, 4.69) is 10.6 Å². The van der Waals surface area contributed by atoms with Gasteiger partial charge in [0.15, 0.2) is 0 Å². The van der Waals surface area contributed by atoms with Crippen molar-refractivity contribution in [3.05, 3.63) is 0 Å². The molecule has 0 aliphatic heterocycles. The highest BCUT2D eigenvalue weighted by atomic mass is 35.5. The zero-order valence-corrected chi connectivity index (χ0v) is 7.74. The van der Waals surface area contributed by atoms with Crippen LogP contribution < -0.4 is 4.72 Å². The van der Waals surface area contributed by atoms with E-state index in [9.17, 15) is 8.42 Å². The first-order valence-corrected chi connectivity index (χ1v) is 5.26. The fraction of sp³-hybridized carbons (Fsp3) is 0.667. The molecule has 0 aliphatic carbocycles. The minimum atomic E-state index is -3.37. The van der Waals surface area contributed by atoms with Crippen LogP contribution in [0.2, 0.25) is 0 Å². The van der Waals surface area contributed by atoms with Crippen LogP contribution in [0.15, 0.2) is 0 Å². The number of sulfonamides is 1. The second kappa shape index (κ2) is 4.60. The van der Waals surface area contributed by atoms with Gasteiger partial charge in [-0.1, -0.05) is 12.8 Å². The molecule has 3 nitrogen and oxygen atoms in total. The molecule has 0 aromatic rings. The van der Waals surface area contributed by atoms with Gasteiger partial charge in [-0.2, -0.15) is 4.72 Å². The van der Waals surface area contributed by atoms with Crippen molar-refractivity contribution in [2.45, 2.75) is 19.4 Å². The van der Waals surface area contributed by atoms with Crippen molar-refractivity contribution in [3.63, 3.8) is 0 Å². The maximum Gasteiger partial charge on any atom is 0.226 e. The highest BCUT2D eigenvalue weighted by Crippen LogP contribution is 1.94. The van der Waals surface area contributed by atoms with Crippen LogP contribution in [0.1, 0.15) is 13.3 Å². The van der Waals surface area contributed by atoms with Crippen molar-refractivity contribution >= 4 is 21.6 Å². The Bertz CT molecular complexity index is 242. The van der Waals surface area contributed by atoms with Gasteiger partial charge in [0.05, 0.1) is 6.04 Å². The predicted octanol–water partition coefficient (Wildman–Crippen LogP) is 0.514. The highest BCUT2D eigenvalue weighted by molar-refractivity contribution is 7.90. The molecule has 0 aliphatic rings. The number of rotatable bonds is 4. The number of alkyl halides is 1. The Labute approximate surface area is 72.2 Å². The monoisotopic (exact) mass is 195 g/mol. The molecular weight excluding hydrogens is 186 g/mol. The number of halogens is 1. The lowest BCUT2D eigenvalue weighted by Gasteiger charge is -2.08. The van der Waals surface area contributed by atoms with Gasteiger partial charge in [0.1, 0.15) is 5.21 Å². The van der Waals surface area contributed by atoms with E-state index in [1.165, 1.54) is 0 Å². The van der Waals surface area contributed by atoms with Crippen LogP contribution in [-0.2, 0) is 10.0 Å². The van der Waals surface area contributed by atoms with Crippen LogP contribution in [-0.4, -0.2) is 19.7 Å². The van der Waals surface area contributed by atoms with Gasteiger partial charge in [-0.25, -0.2) is 8.42 Å². The summed E-state index contributed by atoms with van der Waals surface area (Å²) in [4.78, 5) is 0. The normalized spacial score (nSPS) is 13.9. The second-order valence-corrected chi connectivity index (χ2v) is 4.31. The Morgan fingerprint density at radius 2 is 2.27 bits per heavy atom. The molecule has 0 heterocycles. The van der Waals surface area contributed by atoms with Crippen LogP contribution in [0.25, 0.3) is 0 Å². The van der Waals surface area contributed by atoms with Crippen molar-refractivity contribution in [1.82, 2.24) is 4.72 Å². The minimum absolute atomic E-state index is 0.446. The Hall–Kier alpha value is -0.240. The number of nitrogens with one attached hydrogen (secondary N) is 1. The molecule has 1 N–H and O–H groups in total. The molecular formula is C6H10ClNO2S. The Morgan fingerprint density at radius 3 is 2.55 bits per heavy atom. The molecule has 0 amide bonds.